The van der Waals surface area contributed by atoms with E-state index in [-0.39, 0.29) is 6.04 Å². The van der Waals surface area contributed by atoms with Gasteiger partial charge in [0.05, 0.1) is 29.6 Å². The highest BCUT2D eigenvalue weighted by molar-refractivity contribution is 9.10. The van der Waals surface area contributed by atoms with E-state index in [1.807, 2.05) is 35.9 Å². The Balaban J connectivity index is 2.35. The lowest BCUT2D eigenvalue weighted by Crippen LogP contribution is -2.22. The SMILES string of the molecule is COCC(C)Nc1nc(C)cn1-c1ccc(Br)c(OC)c1. The van der Waals surface area contributed by atoms with Crippen LogP contribution in [0.2, 0.25) is 0 Å². The van der Waals surface area contributed by atoms with Gasteiger partial charge in [0.1, 0.15) is 5.75 Å². The Kier molecular flexibility index (Phi) is 5.25. The van der Waals surface area contributed by atoms with Crippen LogP contribution in [-0.2, 0) is 4.74 Å². The Labute approximate surface area is 133 Å². The first kappa shape index (κ1) is 15.9. The summed E-state index contributed by atoms with van der Waals surface area (Å²) in [6.45, 7) is 4.65. The number of aromatic nitrogens is 2. The molecule has 0 fully saturated rings. The van der Waals surface area contributed by atoms with E-state index in [2.05, 4.69) is 33.2 Å². The van der Waals surface area contributed by atoms with Gasteiger partial charge in [-0.2, -0.15) is 0 Å². The number of benzene rings is 1. The molecule has 0 aliphatic carbocycles. The molecule has 1 aromatic heterocycles. The highest BCUT2D eigenvalue weighted by Crippen LogP contribution is 2.28. The fourth-order valence-electron chi connectivity index (χ4n) is 2.11. The largest absolute Gasteiger partial charge is 0.495 e. The standard InChI is InChI=1S/C15H20BrN3O2/c1-10-8-19(15(17-10)18-11(2)9-20-3)12-5-6-13(16)14(7-12)21-4/h5-8,11H,9H2,1-4H3,(H,17,18). The van der Waals surface area contributed by atoms with Crippen molar-refractivity contribution >= 4 is 21.9 Å². The highest BCUT2D eigenvalue weighted by atomic mass is 79.9. The molecule has 2 rings (SSSR count). The first-order valence-electron chi connectivity index (χ1n) is 6.70. The van der Waals surface area contributed by atoms with Crippen LogP contribution in [0.1, 0.15) is 12.6 Å². The number of hydrogen-bond donors (Lipinski definition) is 1. The summed E-state index contributed by atoms with van der Waals surface area (Å²) in [4.78, 5) is 4.53. The molecule has 0 saturated carbocycles. The van der Waals surface area contributed by atoms with Crippen molar-refractivity contribution in [3.05, 3.63) is 34.6 Å². The number of nitrogens with zero attached hydrogens (tertiary/aromatic N) is 2. The van der Waals surface area contributed by atoms with Crippen LogP contribution in [0, 0.1) is 6.92 Å². The third-order valence-corrected chi connectivity index (χ3v) is 3.69. The molecule has 1 aromatic carbocycles. The Hall–Kier alpha value is -1.53. The molecule has 2 aromatic rings. The van der Waals surface area contributed by atoms with Crippen LogP contribution in [0.25, 0.3) is 5.69 Å². The van der Waals surface area contributed by atoms with Gasteiger partial charge < -0.3 is 14.8 Å². The zero-order valence-corrected chi connectivity index (χ0v) is 14.3. The minimum Gasteiger partial charge on any atom is -0.495 e. The Bertz CT molecular complexity index is 613. The van der Waals surface area contributed by atoms with Gasteiger partial charge in [-0.3, -0.25) is 4.57 Å². The van der Waals surface area contributed by atoms with E-state index < -0.39 is 0 Å². The minimum atomic E-state index is 0.174. The van der Waals surface area contributed by atoms with E-state index in [1.54, 1.807) is 14.2 Å². The molecule has 5 nitrogen and oxygen atoms in total. The molecule has 0 aliphatic rings. The van der Waals surface area contributed by atoms with Crippen molar-refractivity contribution in [2.24, 2.45) is 0 Å². The summed E-state index contributed by atoms with van der Waals surface area (Å²) in [5.41, 5.74) is 1.94. The number of aryl methyl sites for hydroxylation is 1. The second-order valence-electron chi connectivity index (χ2n) is 4.90. The number of nitrogens with one attached hydrogen (secondary N) is 1. The fraction of sp³-hybridized carbons (Fsp3) is 0.400. The molecule has 1 atom stereocenters. The molecule has 1 heterocycles. The monoisotopic (exact) mass is 353 g/mol. The zero-order valence-electron chi connectivity index (χ0n) is 12.7. The van der Waals surface area contributed by atoms with E-state index >= 15 is 0 Å². The van der Waals surface area contributed by atoms with Gasteiger partial charge in [-0.15, -0.1) is 0 Å². The quantitative estimate of drug-likeness (QED) is 0.864. The zero-order chi connectivity index (χ0) is 15.4. The molecule has 0 amide bonds. The number of halogens is 1. The van der Waals surface area contributed by atoms with E-state index in [0.717, 1.165) is 27.6 Å². The number of hydrogen-bond acceptors (Lipinski definition) is 4. The van der Waals surface area contributed by atoms with Crippen LogP contribution in [0.15, 0.2) is 28.9 Å². The van der Waals surface area contributed by atoms with Gasteiger partial charge in [0.2, 0.25) is 5.95 Å². The van der Waals surface area contributed by atoms with Gasteiger partial charge in [-0.05, 0) is 41.9 Å². The molecule has 0 saturated heterocycles. The molecule has 1 unspecified atom stereocenters. The first-order chi connectivity index (χ1) is 10.0. The number of anilines is 1. The Morgan fingerprint density at radius 2 is 2.14 bits per heavy atom. The smallest absolute Gasteiger partial charge is 0.208 e. The maximum atomic E-state index is 5.35. The fourth-order valence-corrected chi connectivity index (χ4v) is 2.52. The number of rotatable bonds is 6. The topological polar surface area (TPSA) is 48.3 Å². The first-order valence-corrected chi connectivity index (χ1v) is 7.49. The molecule has 114 valence electrons. The molecular weight excluding hydrogens is 334 g/mol. The highest BCUT2D eigenvalue weighted by Gasteiger charge is 2.12. The summed E-state index contributed by atoms with van der Waals surface area (Å²) < 4.78 is 13.4. The molecule has 0 bridgehead atoms. The summed E-state index contributed by atoms with van der Waals surface area (Å²) in [6, 6.07) is 6.12. The maximum Gasteiger partial charge on any atom is 0.208 e. The van der Waals surface area contributed by atoms with E-state index in [0.29, 0.717) is 6.61 Å². The van der Waals surface area contributed by atoms with Crippen LogP contribution in [-0.4, -0.2) is 36.4 Å². The second kappa shape index (κ2) is 6.95. The molecule has 21 heavy (non-hydrogen) atoms. The number of methoxy groups -OCH3 is 2. The average Bonchev–Trinajstić information content (AvgIpc) is 2.80. The Morgan fingerprint density at radius 1 is 1.38 bits per heavy atom. The van der Waals surface area contributed by atoms with Crippen LogP contribution in [0.4, 0.5) is 5.95 Å². The van der Waals surface area contributed by atoms with Crippen molar-refractivity contribution in [1.29, 1.82) is 0 Å². The predicted molar refractivity (Wildman–Crippen MR) is 87.5 cm³/mol. The predicted octanol–water partition coefficient (Wildman–Crippen LogP) is 3.40. The van der Waals surface area contributed by atoms with Gasteiger partial charge in [-0.1, -0.05) is 0 Å². The molecule has 0 radical (unpaired) electrons. The summed E-state index contributed by atoms with van der Waals surface area (Å²) in [5.74, 6) is 1.58. The van der Waals surface area contributed by atoms with Gasteiger partial charge in [0.25, 0.3) is 0 Å². The third kappa shape index (κ3) is 3.77. The summed E-state index contributed by atoms with van der Waals surface area (Å²) >= 11 is 3.47. The van der Waals surface area contributed by atoms with Crippen molar-refractivity contribution in [3.8, 4) is 11.4 Å². The molecule has 1 N–H and O–H groups in total. The van der Waals surface area contributed by atoms with Crippen LogP contribution in [0.5, 0.6) is 5.75 Å². The lowest BCUT2D eigenvalue weighted by Gasteiger charge is -2.15. The van der Waals surface area contributed by atoms with E-state index in [1.165, 1.54) is 0 Å². The van der Waals surface area contributed by atoms with Gasteiger partial charge in [-0.25, -0.2) is 4.98 Å². The molecule has 6 heteroatoms. The maximum absolute atomic E-state index is 5.35. The summed E-state index contributed by atoms with van der Waals surface area (Å²) in [7, 11) is 3.35. The molecular formula is C15H20BrN3O2. The van der Waals surface area contributed by atoms with Gasteiger partial charge in [0, 0.05) is 25.4 Å². The van der Waals surface area contributed by atoms with Crippen molar-refractivity contribution in [2.45, 2.75) is 19.9 Å². The van der Waals surface area contributed by atoms with Crippen molar-refractivity contribution < 1.29 is 9.47 Å². The van der Waals surface area contributed by atoms with Crippen molar-refractivity contribution in [1.82, 2.24) is 9.55 Å². The van der Waals surface area contributed by atoms with E-state index in [9.17, 15) is 0 Å². The lowest BCUT2D eigenvalue weighted by molar-refractivity contribution is 0.190. The van der Waals surface area contributed by atoms with Gasteiger partial charge in [0.15, 0.2) is 0 Å². The van der Waals surface area contributed by atoms with Crippen LogP contribution < -0.4 is 10.1 Å². The normalized spacial score (nSPS) is 12.2. The van der Waals surface area contributed by atoms with E-state index in [4.69, 9.17) is 9.47 Å². The molecule has 0 spiro atoms. The van der Waals surface area contributed by atoms with Crippen LogP contribution >= 0.6 is 15.9 Å². The summed E-state index contributed by atoms with van der Waals surface area (Å²) in [5, 5.41) is 3.36. The lowest BCUT2D eigenvalue weighted by atomic mass is 10.3. The third-order valence-electron chi connectivity index (χ3n) is 3.03. The Morgan fingerprint density at radius 3 is 2.81 bits per heavy atom. The number of imidazole rings is 1. The molecule has 0 aliphatic heterocycles. The van der Waals surface area contributed by atoms with Crippen molar-refractivity contribution in [3.63, 3.8) is 0 Å². The van der Waals surface area contributed by atoms with Gasteiger partial charge >= 0.3 is 0 Å². The van der Waals surface area contributed by atoms with Crippen molar-refractivity contribution in [2.75, 3.05) is 26.1 Å². The summed E-state index contributed by atoms with van der Waals surface area (Å²) in [6.07, 6.45) is 1.99. The van der Waals surface area contributed by atoms with Crippen LogP contribution in [0.3, 0.4) is 0 Å². The number of ether oxygens (including phenoxy) is 2. The minimum absolute atomic E-state index is 0.174. The second-order valence-corrected chi connectivity index (χ2v) is 5.75. The average molecular weight is 354 g/mol.